The average molecular weight is 506 g/mol. The maximum atomic E-state index is 12.0. The summed E-state index contributed by atoms with van der Waals surface area (Å²) < 4.78 is 19.2. The number of rotatable bonds is 11. The lowest BCUT2D eigenvalue weighted by Gasteiger charge is -2.28. The summed E-state index contributed by atoms with van der Waals surface area (Å²) in [6, 6.07) is 11.7. The molecule has 2 aromatic carbocycles. The maximum absolute atomic E-state index is 12.0. The Balaban J connectivity index is 2.17. The van der Waals surface area contributed by atoms with Crippen LogP contribution in [0.15, 0.2) is 36.4 Å². The van der Waals surface area contributed by atoms with E-state index in [0.717, 1.165) is 16.8 Å². The molecule has 0 saturated carbocycles. The van der Waals surface area contributed by atoms with Gasteiger partial charge in [-0.05, 0) is 35.4 Å². The van der Waals surface area contributed by atoms with Crippen LogP contribution in [-0.2, 0) is 21.2 Å². The van der Waals surface area contributed by atoms with E-state index in [0.29, 0.717) is 28.3 Å². The van der Waals surface area contributed by atoms with Gasteiger partial charge in [-0.25, -0.2) is 8.93 Å². The maximum Gasteiger partial charge on any atom is 0.166 e. The van der Waals surface area contributed by atoms with Gasteiger partial charge in [0, 0.05) is 24.4 Å². The second kappa shape index (κ2) is 11.5. The van der Waals surface area contributed by atoms with Crippen LogP contribution in [0.2, 0.25) is 10.0 Å². The van der Waals surface area contributed by atoms with Gasteiger partial charge in [0.2, 0.25) is 0 Å². The van der Waals surface area contributed by atoms with Crippen molar-refractivity contribution in [2.24, 2.45) is 0 Å². The number of nitrogens with one attached hydrogen (secondary N) is 1. The largest absolute Gasteiger partial charge is 0.489 e. The molecule has 0 saturated heterocycles. The first-order valence-corrected chi connectivity index (χ1v) is 12.5. The summed E-state index contributed by atoms with van der Waals surface area (Å²) in [5.74, 6) is 0.746. The van der Waals surface area contributed by atoms with Crippen molar-refractivity contribution in [2.45, 2.75) is 19.3 Å². The summed E-state index contributed by atoms with van der Waals surface area (Å²) in [7, 11) is 0.642. The normalized spacial score (nSPS) is 12.5. The van der Waals surface area contributed by atoms with Crippen molar-refractivity contribution in [1.82, 2.24) is 4.72 Å². The van der Waals surface area contributed by atoms with Gasteiger partial charge < -0.3 is 9.64 Å². The smallest absolute Gasteiger partial charge is 0.166 e. The summed E-state index contributed by atoms with van der Waals surface area (Å²) in [6.07, 6.45) is 1.50. The Morgan fingerprint density at radius 2 is 1.71 bits per heavy atom. The highest BCUT2D eigenvalue weighted by Crippen LogP contribution is 2.40. The Kier molecular flexibility index (Phi) is 9.65. The van der Waals surface area contributed by atoms with Crippen LogP contribution in [0.4, 0.5) is 5.69 Å². The van der Waals surface area contributed by atoms with Crippen LogP contribution in [0, 0.1) is 0 Å². The van der Waals surface area contributed by atoms with Gasteiger partial charge in [-0.2, -0.15) is 0 Å². The van der Waals surface area contributed by atoms with E-state index in [1.807, 2.05) is 48.3 Å². The molecule has 5 nitrogen and oxygen atoms in total. The van der Waals surface area contributed by atoms with E-state index >= 15 is 0 Å². The van der Waals surface area contributed by atoms with Gasteiger partial charge in [0.1, 0.15) is 6.61 Å². The molecule has 0 amide bonds. The van der Waals surface area contributed by atoms with Gasteiger partial charge >= 0.3 is 0 Å². The molecular weight excluding hydrogens is 479 g/mol. The SMILES string of the molecule is CN(CC(=O)CNS(C)=O)c1ccc(C(C)(C)c2cc(Cl)c(OCCCl)c(Cl)c2)cc1. The third-order valence-electron chi connectivity index (χ3n) is 4.96. The van der Waals surface area contributed by atoms with Crippen LogP contribution in [0.5, 0.6) is 5.75 Å². The highest BCUT2D eigenvalue weighted by molar-refractivity contribution is 7.82. The summed E-state index contributed by atoms with van der Waals surface area (Å²) in [4.78, 5) is 13.9. The van der Waals surface area contributed by atoms with Crippen LogP contribution in [0.3, 0.4) is 0 Å². The molecule has 170 valence electrons. The molecule has 1 atom stereocenters. The molecule has 0 aromatic heterocycles. The van der Waals surface area contributed by atoms with Crippen LogP contribution < -0.4 is 14.4 Å². The fraction of sp³-hybridized carbons (Fsp3) is 0.409. The molecule has 31 heavy (non-hydrogen) atoms. The minimum atomic E-state index is -1.21. The minimum absolute atomic E-state index is 0.0390. The molecule has 0 aliphatic carbocycles. The number of hydrogen-bond donors (Lipinski definition) is 1. The van der Waals surface area contributed by atoms with Gasteiger partial charge in [-0.1, -0.05) is 49.2 Å². The van der Waals surface area contributed by atoms with Crippen molar-refractivity contribution in [3.05, 3.63) is 57.6 Å². The summed E-state index contributed by atoms with van der Waals surface area (Å²) >= 11 is 18.5. The molecule has 0 bridgehead atoms. The Morgan fingerprint density at radius 3 is 2.23 bits per heavy atom. The predicted molar refractivity (Wildman–Crippen MR) is 132 cm³/mol. The topological polar surface area (TPSA) is 58.6 Å². The molecule has 0 heterocycles. The van der Waals surface area contributed by atoms with Crippen molar-refractivity contribution < 1.29 is 13.7 Å². The molecule has 2 rings (SSSR count). The number of ether oxygens (including phenoxy) is 1. The van der Waals surface area contributed by atoms with Gasteiger partial charge in [-0.3, -0.25) is 4.79 Å². The van der Waals surface area contributed by atoms with E-state index in [1.165, 1.54) is 6.26 Å². The number of ketones is 1. The lowest BCUT2D eigenvalue weighted by atomic mass is 9.78. The first-order chi connectivity index (χ1) is 14.6. The van der Waals surface area contributed by atoms with Crippen LogP contribution >= 0.6 is 34.8 Å². The summed E-state index contributed by atoms with van der Waals surface area (Å²) in [5, 5.41) is 0.884. The third kappa shape index (κ3) is 7.09. The molecule has 9 heteroatoms. The number of Topliss-reactive ketones (excluding diaryl/α,β-unsaturated/α-hetero) is 1. The third-order valence-corrected chi connectivity index (χ3v) is 6.23. The predicted octanol–water partition coefficient (Wildman–Crippen LogP) is 4.83. The highest BCUT2D eigenvalue weighted by Gasteiger charge is 2.26. The van der Waals surface area contributed by atoms with Crippen LogP contribution in [-0.4, -0.2) is 48.9 Å². The first kappa shape index (κ1) is 25.9. The lowest BCUT2D eigenvalue weighted by Crippen LogP contribution is -2.33. The lowest BCUT2D eigenvalue weighted by molar-refractivity contribution is -0.116. The number of alkyl halides is 1. The molecule has 1 unspecified atom stereocenters. The Hall–Kier alpha value is -1.31. The number of hydrogen-bond acceptors (Lipinski definition) is 4. The molecule has 0 fully saturated rings. The highest BCUT2D eigenvalue weighted by atomic mass is 35.5. The van der Waals surface area contributed by atoms with E-state index in [4.69, 9.17) is 39.5 Å². The second-order valence-corrected chi connectivity index (χ2v) is 10.0. The fourth-order valence-corrected chi connectivity index (χ4v) is 4.13. The van der Waals surface area contributed by atoms with E-state index in [9.17, 15) is 9.00 Å². The zero-order valence-corrected chi connectivity index (χ0v) is 21.1. The Bertz CT molecular complexity index is 913. The van der Waals surface area contributed by atoms with Crippen molar-refractivity contribution in [3.63, 3.8) is 0 Å². The van der Waals surface area contributed by atoms with Crippen molar-refractivity contribution in [2.75, 3.05) is 43.8 Å². The van der Waals surface area contributed by atoms with Gasteiger partial charge in [0.25, 0.3) is 0 Å². The molecule has 0 radical (unpaired) electrons. The molecule has 1 N–H and O–H groups in total. The molecule has 0 spiro atoms. The van der Waals surface area contributed by atoms with E-state index in [-0.39, 0.29) is 24.3 Å². The number of nitrogens with zero attached hydrogens (tertiary/aromatic N) is 1. The average Bonchev–Trinajstić information content (AvgIpc) is 2.71. The first-order valence-electron chi connectivity index (χ1n) is 9.64. The number of anilines is 1. The molecule has 0 aliphatic heterocycles. The summed E-state index contributed by atoms with van der Waals surface area (Å²) in [6.45, 7) is 4.81. The quantitative estimate of drug-likeness (QED) is 0.445. The van der Waals surface area contributed by atoms with Crippen molar-refractivity contribution in [3.8, 4) is 5.75 Å². The van der Waals surface area contributed by atoms with Crippen molar-refractivity contribution >= 4 is 57.3 Å². The fourth-order valence-electron chi connectivity index (χ4n) is 3.09. The standard InChI is InChI=1S/C22H27Cl3N2O3S/c1-22(2,16-11-19(24)21(20(25)12-16)30-10-9-23)15-5-7-17(8-6-15)27(3)14-18(28)13-26-31(4)29/h5-8,11-12,26H,9-10,13-14H2,1-4H3. The van der Waals surface area contributed by atoms with Gasteiger partial charge in [-0.15, -0.1) is 11.6 Å². The van der Waals surface area contributed by atoms with Crippen molar-refractivity contribution in [1.29, 1.82) is 0 Å². The number of carbonyl (C=O) groups excluding carboxylic acids is 1. The number of halogens is 3. The van der Waals surface area contributed by atoms with Gasteiger partial charge in [0.15, 0.2) is 11.5 Å². The van der Waals surface area contributed by atoms with E-state index in [1.54, 1.807) is 0 Å². The Labute approximate surface area is 201 Å². The molecule has 0 aliphatic rings. The monoisotopic (exact) mass is 504 g/mol. The van der Waals surface area contributed by atoms with Crippen LogP contribution in [0.25, 0.3) is 0 Å². The van der Waals surface area contributed by atoms with Crippen LogP contribution in [0.1, 0.15) is 25.0 Å². The number of benzene rings is 2. The molecular formula is C22H27Cl3N2O3S. The minimum Gasteiger partial charge on any atom is -0.489 e. The second-order valence-electron chi connectivity index (χ2n) is 7.65. The number of carbonyl (C=O) groups is 1. The Morgan fingerprint density at radius 1 is 1.13 bits per heavy atom. The summed E-state index contributed by atoms with van der Waals surface area (Å²) in [5.41, 5.74) is 2.57. The number of likely N-dealkylation sites (N-methyl/N-ethyl adjacent to an activating group) is 1. The zero-order valence-electron chi connectivity index (χ0n) is 18.0. The zero-order chi connectivity index (χ0) is 23.2. The van der Waals surface area contributed by atoms with Gasteiger partial charge in [0.05, 0.1) is 40.0 Å². The van der Waals surface area contributed by atoms with E-state index < -0.39 is 11.0 Å². The van der Waals surface area contributed by atoms with E-state index in [2.05, 4.69) is 18.6 Å². The molecule has 2 aromatic rings.